The number of nitrogens with zero attached hydrogens (tertiary/aromatic N) is 3. The lowest BCUT2D eigenvalue weighted by atomic mass is 10.3. The molecule has 9 nitrogen and oxygen atoms in total. The van der Waals surface area contributed by atoms with Crippen LogP contribution in [0.2, 0.25) is 0 Å². The predicted octanol–water partition coefficient (Wildman–Crippen LogP) is -0.869. The number of anilines is 1. The molecule has 0 aliphatic carbocycles. The Kier molecular flexibility index (Phi) is 4.20. The number of amides is 3. The van der Waals surface area contributed by atoms with Crippen LogP contribution < -0.4 is 16.0 Å². The lowest BCUT2D eigenvalue weighted by Gasteiger charge is -2.16. The first-order chi connectivity index (χ1) is 9.54. The molecule has 0 atom stereocenters. The standard InChI is InChI=1S/C11H17N5O4/c1-13-11(18)15(2)10-8(9(12)17)16(6-14-10)5-7-19-3-4-20-7/h6-7H,3-5H2,1-2H3,(H2,12,17)(H,13,18). The molecule has 1 aromatic heterocycles. The zero-order valence-electron chi connectivity index (χ0n) is 11.3. The van der Waals surface area contributed by atoms with Crippen LogP contribution >= 0.6 is 0 Å². The molecular weight excluding hydrogens is 266 g/mol. The lowest BCUT2D eigenvalue weighted by molar-refractivity contribution is -0.0526. The third-order valence-corrected chi connectivity index (χ3v) is 2.92. The Balaban J connectivity index is 2.27. The van der Waals surface area contributed by atoms with Crippen LogP contribution in [-0.4, -0.2) is 55.1 Å². The molecule has 3 amide bonds. The Hall–Kier alpha value is -2.13. The highest BCUT2D eigenvalue weighted by Gasteiger charge is 2.25. The van der Waals surface area contributed by atoms with Crippen molar-refractivity contribution >= 4 is 17.8 Å². The third kappa shape index (κ3) is 2.73. The number of nitrogens with one attached hydrogen (secondary N) is 1. The van der Waals surface area contributed by atoms with Crippen LogP contribution in [0.1, 0.15) is 10.5 Å². The average Bonchev–Trinajstić information content (AvgIpc) is 3.06. The second-order valence-electron chi connectivity index (χ2n) is 4.22. The molecule has 110 valence electrons. The Morgan fingerprint density at radius 1 is 1.55 bits per heavy atom. The van der Waals surface area contributed by atoms with E-state index in [9.17, 15) is 9.59 Å². The number of imidazole rings is 1. The molecule has 2 heterocycles. The summed E-state index contributed by atoms with van der Waals surface area (Å²) in [6.45, 7) is 1.30. The van der Waals surface area contributed by atoms with Crippen LogP contribution in [0.4, 0.5) is 10.6 Å². The van der Waals surface area contributed by atoms with E-state index in [-0.39, 0.29) is 18.1 Å². The highest BCUT2D eigenvalue weighted by Crippen LogP contribution is 2.19. The normalized spacial score (nSPS) is 15.3. The van der Waals surface area contributed by atoms with Crippen molar-refractivity contribution in [2.45, 2.75) is 12.8 Å². The van der Waals surface area contributed by atoms with Gasteiger partial charge in [-0.15, -0.1) is 0 Å². The zero-order valence-corrected chi connectivity index (χ0v) is 11.3. The monoisotopic (exact) mass is 283 g/mol. The molecule has 0 unspecified atom stereocenters. The van der Waals surface area contributed by atoms with Crippen molar-refractivity contribution in [2.24, 2.45) is 5.73 Å². The number of primary amides is 1. The fourth-order valence-electron chi connectivity index (χ4n) is 1.94. The van der Waals surface area contributed by atoms with E-state index in [0.29, 0.717) is 13.2 Å². The maximum atomic E-state index is 11.6. The van der Waals surface area contributed by atoms with Crippen molar-refractivity contribution in [1.82, 2.24) is 14.9 Å². The van der Waals surface area contributed by atoms with Crippen molar-refractivity contribution in [3.63, 3.8) is 0 Å². The summed E-state index contributed by atoms with van der Waals surface area (Å²) in [5.74, 6) is -0.485. The number of nitrogens with two attached hydrogens (primary N) is 1. The molecule has 0 spiro atoms. The maximum absolute atomic E-state index is 11.6. The van der Waals surface area contributed by atoms with E-state index in [2.05, 4.69) is 10.3 Å². The Bertz CT molecular complexity index is 509. The van der Waals surface area contributed by atoms with Crippen LogP contribution in [0.3, 0.4) is 0 Å². The minimum Gasteiger partial charge on any atom is -0.364 e. The molecule has 0 aromatic carbocycles. The van der Waals surface area contributed by atoms with Gasteiger partial charge < -0.3 is 25.1 Å². The Morgan fingerprint density at radius 2 is 2.20 bits per heavy atom. The van der Waals surface area contributed by atoms with E-state index in [4.69, 9.17) is 15.2 Å². The first-order valence-electron chi connectivity index (χ1n) is 6.08. The largest absolute Gasteiger partial charge is 0.364 e. The number of rotatable bonds is 4. The summed E-state index contributed by atoms with van der Waals surface area (Å²) in [6.07, 6.45) is 0.986. The van der Waals surface area contributed by atoms with Gasteiger partial charge in [0.05, 0.1) is 26.1 Å². The summed E-state index contributed by atoms with van der Waals surface area (Å²) in [6, 6.07) is -0.397. The van der Waals surface area contributed by atoms with E-state index in [1.165, 1.54) is 29.9 Å². The van der Waals surface area contributed by atoms with Gasteiger partial charge >= 0.3 is 6.03 Å². The van der Waals surface area contributed by atoms with E-state index in [0.717, 1.165) is 0 Å². The van der Waals surface area contributed by atoms with Gasteiger partial charge in [0, 0.05) is 14.1 Å². The van der Waals surface area contributed by atoms with Crippen molar-refractivity contribution in [1.29, 1.82) is 0 Å². The van der Waals surface area contributed by atoms with Gasteiger partial charge in [-0.1, -0.05) is 0 Å². The van der Waals surface area contributed by atoms with Crippen LogP contribution in [0.15, 0.2) is 6.33 Å². The maximum Gasteiger partial charge on any atom is 0.322 e. The highest BCUT2D eigenvalue weighted by molar-refractivity contribution is 6.01. The summed E-state index contributed by atoms with van der Waals surface area (Å²) < 4.78 is 12.1. The van der Waals surface area contributed by atoms with Crippen LogP contribution in [0, 0.1) is 0 Å². The van der Waals surface area contributed by atoms with Crippen molar-refractivity contribution in [3.8, 4) is 0 Å². The molecule has 20 heavy (non-hydrogen) atoms. The smallest absolute Gasteiger partial charge is 0.322 e. The number of hydrogen-bond acceptors (Lipinski definition) is 5. The van der Waals surface area contributed by atoms with Crippen LogP contribution in [-0.2, 0) is 16.0 Å². The minimum absolute atomic E-state index is 0.134. The van der Waals surface area contributed by atoms with Gasteiger partial charge in [-0.05, 0) is 0 Å². The van der Waals surface area contributed by atoms with Crippen molar-refractivity contribution < 1.29 is 19.1 Å². The molecule has 3 N–H and O–H groups in total. The highest BCUT2D eigenvalue weighted by atomic mass is 16.7. The van der Waals surface area contributed by atoms with Gasteiger partial charge in [-0.25, -0.2) is 9.78 Å². The molecule has 1 aromatic rings. The van der Waals surface area contributed by atoms with E-state index in [1.54, 1.807) is 0 Å². The van der Waals surface area contributed by atoms with E-state index < -0.39 is 18.2 Å². The van der Waals surface area contributed by atoms with Gasteiger partial charge in [0.25, 0.3) is 5.91 Å². The summed E-state index contributed by atoms with van der Waals surface area (Å²) in [5, 5.41) is 2.45. The number of ether oxygens (including phenoxy) is 2. The molecule has 0 bridgehead atoms. The van der Waals surface area contributed by atoms with Gasteiger partial charge in [0.1, 0.15) is 0 Å². The lowest BCUT2D eigenvalue weighted by Crippen LogP contribution is -2.36. The van der Waals surface area contributed by atoms with Gasteiger partial charge in [-0.3, -0.25) is 9.69 Å². The third-order valence-electron chi connectivity index (χ3n) is 2.92. The summed E-state index contributed by atoms with van der Waals surface area (Å²) in [5.41, 5.74) is 5.51. The Labute approximate surface area is 115 Å². The first kappa shape index (κ1) is 14.3. The zero-order chi connectivity index (χ0) is 14.7. The fourth-order valence-corrected chi connectivity index (χ4v) is 1.94. The molecule has 1 aliphatic rings. The SMILES string of the molecule is CNC(=O)N(C)c1ncn(CC2OCCO2)c1C(N)=O. The molecule has 2 rings (SSSR count). The second kappa shape index (κ2) is 5.88. The molecule has 1 fully saturated rings. The molecule has 1 saturated heterocycles. The molecule has 1 aliphatic heterocycles. The van der Waals surface area contributed by atoms with E-state index in [1.807, 2.05) is 0 Å². The second-order valence-corrected chi connectivity index (χ2v) is 4.22. The predicted molar refractivity (Wildman–Crippen MR) is 69.3 cm³/mol. The molecule has 0 saturated carbocycles. The van der Waals surface area contributed by atoms with Crippen LogP contribution in [0.5, 0.6) is 0 Å². The van der Waals surface area contributed by atoms with Gasteiger partial charge in [0.2, 0.25) is 0 Å². The van der Waals surface area contributed by atoms with Crippen LogP contribution in [0.25, 0.3) is 0 Å². The van der Waals surface area contributed by atoms with Crippen molar-refractivity contribution in [2.75, 3.05) is 32.2 Å². The Morgan fingerprint density at radius 3 is 2.75 bits per heavy atom. The number of hydrogen-bond donors (Lipinski definition) is 2. The first-order valence-corrected chi connectivity index (χ1v) is 6.08. The molecular formula is C11H17N5O4. The number of carbonyl (C=O) groups is 2. The van der Waals surface area contributed by atoms with Gasteiger partial charge in [-0.2, -0.15) is 0 Å². The topological polar surface area (TPSA) is 112 Å². The van der Waals surface area contributed by atoms with Gasteiger partial charge in [0.15, 0.2) is 17.8 Å². The number of carbonyl (C=O) groups excluding carboxylic acids is 2. The fraction of sp³-hybridized carbons (Fsp3) is 0.545. The number of urea groups is 1. The number of aromatic nitrogens is 2. The van der Waals surface area contributed by atoms with Crippen molar-refractivity contribution in [3.05, 3.63) is 12.0 Å². The minimum atomic E-state index is -0.675. The summed E-state index contributed by atoms with van der Waals surface area (Å²) in [4.78, 5) is 28.5. The molecule has 9 heteroatoms. The summed E-state index contributed by atoms with van der Waals surface area (Å²) in [7, 11) is 2.99. The quantitative estimate of drug-likeness (QED) is 0.746. The summed E-state index contributed by atoms with van der Waals surface area (Å²) >= 11 is 0. The van der Waals surface area contributed by atoms with E-state index >= 15 is 0 Å². The molecule has 0 radical (unpaired) electrons. The average molecular weight is 283 g/mol.